The van der Waals surface area contributed by atoms with E-state index in [9.17, 15) is 18.0 Å². The number of hydrogen-bond donors (Lipinski definition) is 2. The molecule has 0 unspecified atom stereocenters. The Morgan fingerprint density at radius 1 is 1.06 bits per heavy atom. The standard InChI is InChI=1S/C22H27N3O5S/c1-3-18-6-7-19(14-21(18)31(28,29)25-10-12-30-13-11-25)22(27)23-15-17-4-8-20(9-5-17)24-16(2)26/h4-9,14H,3,10-13,15H2,1-2H3,(H,23,27)(H,24,26). The van der Waals surface area contributed by atoms with Gasteiger partial charge in [0.15, 0.2) is 0 Å². The molecule has 166 valence electrons. The molecule has 1 aliphatic heterocycles. The largest absolute Gasteiger partial charge is 0.379 e. The molecule has 3 rings (SSSR count). The minimum absolute atomic E-state index is 0.153. The van der Waals surface area contributed by atoms with Crippen molar-refractivity contribution < 1.29 is 22.7 Å². The van der Waals surface area contributed by atoms with Crippen molar-refractivity contribution in [1.82, 2.24) is 9.62 Å². The van der Waals surface area contributed by atoms with E-state index in [0.29, 0.717) is 49.5 Å². The van der Waals surface area contributed by atoms with Crippen LogP contribution in [0.4, 0.5) is 5.69 Å². The van der Waals surface area contributed by atoms with Crippen LogP contribution in [0.2, 0.25) is 0 Å². The molecule has 1 fully saturated rings. The van der Waals surface area contributed by atoms with E-state index in [1.807, 2.05) is 6.92 Å². The van der Waals surface area contributed by atoms with Crippen molar-refractivity contribution in [3.8, 4) is 0 Å². The molecule has 2 N–H and O–H groups in total. The van der Waals surface area contributed by atoms with Gasteiger partial charge in [0.05, 0.1) is 18.1 Å². The molecule has 1 saturated heterocycles. The summed E-state index contributed by atoms with van der Waals surface area (Å²) >= 11 is 0. The lowest BCUT2D eigenvalue weighted by Crippen LogP contribution is -2.41. The molecular weight excluding hydrogens is 418 g/mol. The number of benzene rings is 2. The number of anilines is 1. The maximum absolute atomic E-state index is 13.1. The lowest BCUT2D eigenvalue weighted by molar-refractivity contribution is -0.114. The van der Waals surface area contributed by atoms with E-state index < -0.39 is 10.0 Å². The fourth-order valence-electron chi connectivity index (χ4n) is 3.35. The van der Waals surface area contributed by atoms with Gasteiger partial charge in [-0.2, -0.15) is 4.31 Å². The van der Waals surface area contributed by atoms with Crippen LogP contribution in [0.15, 0.2) is 47.4 Å². The topological polar surface area (TPSA) is 105 Å². The van der Waals surface area contributed by atoms with E-state index in [1.165, 1.54) is 17.3 Å². The molecule has 0 saturated carbocycles. The molecule has 0 aromatic heterocycles. The van der Waals surface area contributed by atoms with Crippen LogP contribution in [-0.4, -0.2) is 50.8 Å². The average Bonchev–Trinajstić information content (AvgIpc) is 2.78. The monoisotopic (exact) mass is 445 g/mol. The third kappa shape index (κ3) is 5.69. The zero-order valence-corrected chi connectivity index (χ0v) is 18.5. The quantitative estimate of drug-likeness (QED) is 0.680. The molecule has 1 aliphatic rings. The van der Waals surface area contributed by atoms with Crippen molar-refractivity contribution >= 4 is 27.5 Å². The number of hydrogen-bond acceptors (Lipinski definition) is 5. The van der Waals surface area contributed by atoms with Crippen molar-refractivity contribution in [1.29, 1.82) is 0 Å². The Morgan fingerprint density at radius 3 is 2.35 bits per heavy atom. The average molecular weight is 446 g/mol. The van der Waals surface area contributed by atoms with Gasteiger partial charge in [-0.25, -0.2) is 8.42 Å². The van der Waals surface area contributed by atoms with Gasteiger partial charge in [-0.15, -0.1) is 0 Å². The summed E-state index contributed by atoms with van der Waals surface area (Å²) in [6.07, 6.45) is 0.543. The van der Waals surface area contributed by atoms with Gasteiger partial charge in [0.2, 0.25) is 15.9 Å². The van der Waals surface area contributed by atoms with Crippen molar-refractivity contribution in [3.63, 3.8) is 0 Å². The first-order valence-electron chi connectivity index (χ1n) is 10.2. The number of ether oxygens (including phenoxy) is 1. The molecule has 2 aromatic carbocycles. The van der Waals surface area contributed by atoms with E-state index in [2.05, 4.69) is 10.6 Å². The van der Waals surface area contributed by atoms with Crippen LogP contribution in [0, 0.1) is 0 Å². The van der Waals surface area contributed by atoms with Crippen LogP contribution >= 0.6 is 0 Å². The van der Waals surface area contributed by atoms with E-state index in [0.717, 1.165) is 5.56 Å². The predicted octanol–water partition coefficient (Wildman–Crippen LogP) is 2.16. The Morgan fingerprint density at radius 2 is 1.74 bits per heavy atom. The second-order valence-corrected chi connectivity index (χ2v) is 9.16. The van der Waals surface area contributed by atoms with Gasteiger partial charge in [0, 0.05) is 37.8 Å². The summed E-state index contributed by atoms with van der Waals surface area (Å²) in [6, 6.07) is 11.9. The number of carbonyl (C=O) groups is 2. The predicted molar refractivity (Wildman–Crippen MR) is 117 cm³/mol. The highest BCUT2D eigenvalue weighted by molar-refractivity contribution is 7.89. The van der Waals surface area contributed by atoms with Crippen molar-refractivity contribution in [2.75, 3.05) is 31.6 Å². The number of nitrogens with zero attached hydrogens (tertiary/aromatic N) is 1. The zero-order valence-electron chi connectivity index (χ0n) is 17.7. The molecule has 0 radical (unpaired) electrons. The smallest absolute Gasteiger partial charge is 0.251 e. The second kappa shape index (κ2) is 10.0. The lowest BCUT2D eigenvalue weighted by atomic mass is 10.1. The third-order valence-corrected chi connectivity index (χ3v) is 7.01. The highest BCUT2D eigenvalue weighted by atomic mass is 32.2. The minimum Gasteiger partial charge on any atom is -0.379 e. The van der Waals surface area contributed by atoms with Crippen LogP contribution < -0.4 is 10.6 Å². The van der Waals surface area contributed by atoms with E-state index in [1.54, 1.807) is 36.4 Å². The van der Waals surface area contributed by atoms with Crippen LogP contribution in [0.3, 0.4) is 0 Å². The summed E-state index contributed by atoms with van der Waals surface area (Å²) in [6.45, 7) is 4.93. The Balaban J connectivity index is 1.74. The molecule has 2 aromatic rings. The summed E-state index contributed by atoms with van der Waals surface area (Å²) in [5.74, 6) is -0.508. The Labute approximate surface area is 182 Å². The summed E-state index contributed by atoms with van der Waals surface area (Å²) in [7, 11) is -3.70. The van der Waals surface area contributed by atoms with Crippen LogP contribution in [-0.2, 0) is 32.5 Å². The number of rotatable bonds is 7. The zero-order chi connectivity index (χ0) is 22.4. The first kappa shape index (κ1) is 22.9. The van der Waals surface area contributed by atoms with Gasteiger partial charge in [0.25, 0.3) is 5.91 Å². The molecule has 0 spiro atoms. The number of morpholine rings is 1. The second-order valence-electron chi connectivity index (χ2n) is 7.25. The first-order chi connectivity index (χ1) is 14.8. The van der Waals surface area contributed by atoms with E-state index >= 15 is 0 Å². The van der Waals surface area contributed by atoms with Crippen molar-refractivity contribution in [2.45, 2.75) is 31.7 Å². The lowest BCUT2D eigenvalue weighted by Gasteiger charge is -2.27. The molecule has 31 heavy (non-hydrogen) atoms. The Hall–Kier alpha value is -2.75. The number of sulfonamides is 1. The first-order valence-corrected chi connectivity index (χ1v) is 11.6. The maximum Gasteiger partial charge on any atom is 0.251 e. The van der Waals surface area contributed by atoms with Crippen LogP contribution in [0.5, 0.6) is 0 Å². The maximum atomic E-state index is 13.1. The highest BCUT2D eigenvalue weighted by Crippen LogP contribution is 2.23. The molecular formula is C22H27N3O5S. The number of amides is 2. The van der Waals surface area contributed by atoms with Crippen molar-refractivity contribution in [2.24, 2.45) is 0 Å². The van der Waals surface area contributed by atoms with Gasteiger partial charge in [-0.3, -0.25) is 9.59 Å². The summed E-state index contributed by atoms with van der Waals surface area (Å²) in [5, 5.41) is 5.50. The van der Waals surface area contributed by atoms with Crippen LogP contribution in [0.1, 0.15) is 35.3 Å². The summed E-state index contributed by atoms with van der Waals surface area (Å²) < 4.78 is 32.9. The fourth-order valence-corrected chi connectivity index (χ4v) is 5.08. The molecule has 0 atom stereocenters. The Bertz CT molecular complexity index is 1050. The van der Waals surface area contributed by atoms with E-state index in [-0.39, 0.29) is 23.3 Å². The molecule has 9 heteroatoms. The summed E-state index contributed by atoms with van der Waals surface area (Å²) in [4.78, 5) is 24.0. The SMILES string of the molecule is CCc1ccc(C(=O)NCc2ccc(NC(C)=O)cc2)cc1S(=O)(=O)N1CCOCC1. The van der Waals surface area contributed by atoms with Gasteiger partial charge in [0.1, 0.15) is 0 Å². The van der Waals surface area contributed by atoms with Crippen LogP contribution in [0.25, 0.3) is 0 Å². The van der Waals surface area contributed by atoms with Gasteiger partial charge in [-0.05, 0) is 41.8 Å². The van der Waals surface area contributed by atoms with Gasteiger partial charge < -0.3 is 15.4 Å². The highest BCUT2D eigenvalue weighted by Gasteiger charge is 2.29. The van der Waals surface area contributed by atoms with Crippen molar-refractivity contribution in [3.05, 3.63) is 59.2 Å². The molecule has 1 heterocycles. The summed E-state index contributed by atoms with van der Waals surface area (Å²) in [5.41, 5.74) is 2.50. The van der Waals surface area contributed by atoms with E-state index in [4.69, 9.17) is 4.74 Å². The molecule has 8 nitrogen and oxygen atoms in total. The number of nitrogens with one attached hydrogen (secondary N) is 2. The van der Waals surface area contributed by atoms with Gasteiger partial charge >= 0.3 is 0 Å². The normalized spacial score (nSPS) is 14.8. The minimum atomic E-state index is -3.70. The molecule has 0 aliphatic carbocycles. The molecule has 2 amide bonds. The number of carbonyl (C=O) groups excluding carboxylic acids is 2. The Kier molecular flexibility index (Phi) is 7.42. The fraction of sp³-hybridized carbons (Fsp3) is 0.364. The number of aryl methyl sites for hydroxylation is 1. The molecule has 0 bridgehead atoms. The third-order valence-electron chi connectivity index (χ3n) is 5.03. The van der Waals surface area contributed by atoms with Gasteiger partial charge in [-0.1, -0.05) is 25.1 Å².